The van der Waals surface area contributed by atoms with Crippen LogP contribution in [0.2, 0.25) is 15.1 Å². The fraction of sp³-hybridized carbons (Fsp3) is 0.0714. The second kappa shape index (κ2) is 5.91. The van der Waals surface area contributed by atoms with Gasteiger partial charge in [0.25, 0.3) is 0 Å². The van der Waals surface area contributed by atoms with E-state index < -0.39 is 5.82 Å². The van der Waals surface area contributed by atoms with Gasteiger partial charge in [-0.25, -0.2) is 4.39 Å². The van der Waals surface area contributed by atoms with Crippen LogP contribution in [0.1, 0.15) is 15.9 Å². The number of carbonyl (C=O) groups excluding carboxylic acids is 1. The molecule has 19 heavy (non-hydrogen) atoms. The summed E-state index contributed by atoms with van der Waals surface area (Å²) in [6.07, 6.45) is -0.103. The molecule has 98 valence electrons. The molecule has 0 amide bonds. The lowest BCUT2D eigenvalue weighted by molar-refractivity contribution is 0.0992. The van der Waals surface area contributed by atoms with Gasteiger partial charge in [-0.3, -0.25) is 4.79 Å². The lowest BCUT2D eigenvalue weighted by atomic mass is 10.0. The molecule has 2 aromatic rings. The number of ketones is 1. The molecule has 0 aliphatic heterocycles. The summed E-state index contributed by atoms with van der Waals surface area (Å²) >= 11 is 17.7. The Morgan fingerprint density at radius 2 is 1.63 bits per heavy atom. The Kier molecular flexibility index (Phi) is 4.46. The van der Waals surface area contributed by atoms with Gasteiger partial charge in [-0.15, -0.1) is 0 Å². The zero-order valence-electron chi connectivity index (χ0n) is 9.59. The zero-order chi connectivity index (χ0) is 14.0. The topological polar surface area (TPSA) is 17.1 Å². The molecule has 0 spiro atoms. The first-order valence-electron chi connectivity index (χ1n) is 5.40. The first kappa shape index (κ1) is 14.3. The Hall–Kier alpha value is -1.09. The third kappa shape index (κ3) is 3.27. The maximum absolute atomic E-state index is 13.5. The number of carbonyl (C=O) groups is 1. The van der Waals surface area contributed by atoms with E-state index in [9.17, 15) is 9.18 Å². The predicted octanol–water partition coefficient (Wildman–Crippen LogP) is 5.21. The molecule has 0 aliphatic rings. The van der Waals surface area contributed by atoms with Crippen LogP contribution in [0.3, 0.4) is 0 Å². The SMILES string of the molecule is O=C(Cc1ccccc1F)c1c(Cl)cc(Cl)cc1Cl. The maximum Gasteiger partial charge on any atom is 0.170 e. The smallest absolute Gasteiger partial charge is 0.170 e. The van der Waals surface area contributed by atoms with Crippen LogP contribution in [0.4, 0.5) is 4.39 Å². The fourth-order valence-electron chi connectivity index (χ4n) is 1.71. The standard InChI is InChI=1S/C14H8Cl3FO/c15-9-6-10(16)14(11(17)7-9)13(19)5-8-3-1-2-4-12(8)18/h1-4,6-7H,5H2. The lowest BCUT2D eigenvalue weighted by Gasteiger charge is -2.07. The number of hydrogen-bond acceptors (Lipinski definition) is 1. The van der Waals surface area contributed by atoms with Gasteiger partial charge in [-0.1, -0.05) is 53.0 Å². The fourth-order valence-corrected chi connectivity index (χ4v) is 2.74. The normalized spacial score (nSPS) is 10.5. The lowest BCUT2D eigenvalue weighted by Crippen LogP contribution is -2.06. The van der Waals surface area contributed by atoms with Crippen molar-refractivity contribution in [2.75, 3.05) is 0 Å². The van der Waals surface area contributed by atoms with Crippen LogP contribution in [0, 0.1) is 5.82 Å². The summed E-state index contributed by atoms with van der Waals surface area (Å²) in [4.78, 5) is 12.1. The minimum absolute atomic E-state index is 0.103. The second-order valence-electron chi connectivity index (χ2n) is 3.94. The van der Waals surface area contributed by atoms with E-state index in [-0.39, 0.29) is 27.8 Å². The predicted molar refractivity (Wildman–Crippen MR) is 75.9 cm³/mol. The minimum atomic E-state index is -0.433. The third-order valence-electron chi connectivity index (χ3n) is 2.59. The molecule has 0 saturated heterocycles. The highest BCUT2D eigenvalue weighted by Crippen LogP contribution is 2.30. The van der Waals surface area contributed by atoms with Crippen molar-refractivity contribution >= 4 is 40.6 Å². The van der Waals surface area contributed by atoms with Crippen molar-refractivity contribution < 1.29 is 9.18 Å². The molecule has 0 N–H and O–H groups in total. The van der Waals surface area contributed by atoms with Crippen LogP contribution < -0.4 is 0 Å². The van der Waals surface area contributed by atoms with Crippen molar-refractivity contribution in [3.63, 3.8) is 0 Å². The molecule has 0 aromatic heterocycles. The quantitative estimate of drug-likeness (QED) is 0.710. The Balaban J connectivity index is 2.34. The van der Waals surface area contributed by atoms with Gasteiger partial charge in [-0.2, -0.15) is 0 Å². The molecule has 0 aliphatic carbocycles. The third-order valence-corrected chi connectivity index (χ3v) is 3.41. The van der Waals surface area contributed by atoms with Gasteiger partial charge >= 0.3 is 0 Å². The summed E-state index contributed by atoms with van der Waals surface area (Å²) in [6.45, 7) is 0. The number of hydrogen-bond donors (Lipinski definition) is 0. The van der Waals surface area contributed by atoms with Crippen molar-refractivity contribution in [2.24, 2.45) is 0 Å². The molecule has 0 bridgehead atoms. The van der Waals surface area contributed by atoms with E-state index in [4.69, 9.17) is 34.8 Å². The Morgan fingerprint density at radius 1 is 1.05 bits per heavy atom. The van der Waals surface area contributed by atoms with Crippen LogP contribution in [-0.4, -0.2) is 5.78 Å². The summed E-state index contributed by atoms with van der Waals surface area (Å²) in [6, 6.07) is 8.94. The van der Waals surface area contributed by atoms with Crippen LogP contribution >= 0.6 is 34.8 Å². The van der Waals surface area contributed by atoms with E-state index in [1.165, 1.54) is 18.2 Å². The zero-order valence-corrected chi connectivity index (χ0v) is 11.9. The van der Waals surface area contributed by atoms with Gasteiger partial charge in [0.1, 0.15) is 5.82 Å². The van der Waals surface area contributed by atoms with Gasteiger partial charge in [0.05, 0.1) is 15.6 Å². The average Bonchev–Trinajstić information content (AvgIpc) is 2.30. The summed E-state index contributed by atoms with van der Waals surface area (Å²) in [5, 5.41) is 0.676. The first-order valence-corrected chi connectivity index (χ1v) is 6.53. The highest BCUT2D eigenvalue weighted by atomic mass is 35.5. The summed E-state index contributed by atoms with van der Waals surface area (Å²) in [5.74, 6) is -0.783. The molecular weight excluding hydrogens is 310 g/mol. The molecule has 5 heteroatoms. The molecule has 0 unspecified atom stereocenters. The van der Waals surface area contributed by atoms with Gasteiger partial charge in [0.2, 0.25) is 0 Å². The van der Waals surface area contributed by atoms with Gasteiger partial charge in [0, 0.05) is 11.4 Å². The van der Waals surface area contributed by atoms with Gasteiger partial charge in [0.15, 0.2) is 5.78 Å². The largest absolute Gasteiger partial charge is 0.294 e. The molecule has 0 radical (unpaired) electrons. The van der Waals surface area contributed by atoms with Crippen molar-refractivity contribution in [3.05, 3.63) is 68.4 Å². The highest BCUT2D eigenvalue weighted by molar-refractivity contribution is 6.42. The molecule has 0 saturated carbocycles. The van der Waals surface area contributed by atoms with Crippen LogP contribution in [0.15, 0.2) is 36.4 Å². The Labute approximate surface area is 124 Å². The van der Waals surface area contributed by atoms with Gasteiger partial charge in [-0.05, 0) is 23.8 Å². The molecular formula is C14H8Cl3FO. The summed E-state index contributed by atoms with van der Waals surface area (Å²) in [7, 11) is 0. The van der Waals surface area contributed by atoms with Crippen LogP contribution in [-0.2, 0) is 6.42 Å². The minimum Gasteiger partial charge on any atom is -0.294 e. The van der Waals surface area contributed by atoms with E-state index in [0.717, 1.165) is 0 Å². The Morgan fingerprint density at radius 3 is 2.21 bits per heavy atom. The molecule has 0 fully saturated rings. The van der Waals surface area contributed by atoms with E-state index in [2.05, 4.69) is 0 Å². The highest BCUT2D eigenvalue weighted by Gasteiger charge is 2.17. The molecule has 2 rings (SSSR count). The summed E-state index contributed by atoms with van der Waals surface area (Å²) in [5.41, 5.74) is 0.463. The average molecular weight is 318 g/mol. The number of Topliss-reactive ketones (excluding diaryl/α,β-unsaturated/α-hetero) is 1. The summed E-state index contributed by atoms with van der Waals surface area (Å²) < 4.78 is 13.5. The van der Waals surface area contributed by atoms with E-state index in [1.807, 2.05) is 0 Å². The van der Waals surface area contributed by atoms with Crippen molar-refractivity contribution in [1.29, 1.82) is 0 Å². The van der Waals surface area contributed by atoms with Crippen LogP contribution in [0.5, 0.6) is 0 Å². The Bertz CT molecular complexity index is 617. The first-order chi connectivity index (χ1) is 8.99. The molecule has 2 aromatic carbocycles. The number of rotatable bonds is 3. The van der Waals surface area contributed by atoms with E-state index in [1.54, 1.807) is 18.2 Å². The van der Waals surface area contributed by atoms with E-state index >= 15 is 0 Å². The monoisotopic (exact) mass is 316 g/mol. The number of benzene rings is 2. The molecule has 1 nitrogen and oxygen atoms in total. The van der Waals surface area contributed by atoms with E-state index in [0.29, 0.717) is 10.6 Å². The van der Waals surface area contributed by atoms with Crippen molar-refractivity contribution in [3.8, 4) is 0 Å². The second-order valence-corrected chi connectivity index (χ2v) is 5.19. The maximum atomic E-state index is 13.5. The van der Waals surface area contributed by atoms with Crippen LogP contribution in [0.25, 0.3) is 0 Å². The van der Waals surface area contributed by atoms with Crippen molar-refractivity contribution in [1.82, 2.24) is 0 Å². The van der Waals surface area contributed by atoms with Gasteiger partial charge < -0.3 is 0 Å². The van der Waals surface area contributed by atoms with Crippen molar-refractivity contribution in [2.45, 2.75) is 6.42 Å². The molecule has 0 atom stereocenters. The molecule has 0 heterocycles. The number of halogens is 4.